The summed E-state index contributed by atoms with van der Waals surface area (Å²) in [7, 11) is 0. The zero-order chi connectivity index (χ0) is 10.4. The summed E-state index contributed by atoms with van der Waals surface area (Å²) in [5.41, 5.74) is 5.85. The van der Waals surface area contributed by atoms with Gasteiger partial charge in [-0.1, -0.05) is 17.7 Å². The molecular weight excluding hydrogens is 203 g/mol. The molecule has 78 valence electrons. The first-order valence-corrected chi connectivity index (χ1v) is 4.97. The van der Waals surface area contributed by atoms with E-state index >= 15 is 0 Å². The first-order chi connectivity index (χ1) is 6.75. The molecule has 1 aromatic carbocycles. The highest BCUT2D eigenvalue weighted by molar-refractivity contribution is 6.31. The van der Waals surface area contributed by atoms with Gasteiger partial charge in [0.15, 0.2) is 0 Å². The van der Waals surface area contributed by atoms with Gasteiger partial charge in [0.25, 0.3) is 0 Å². The molecule has 0 aliphatic rings. The molecule has 0 fully saturated rings. The van der Waals surface area contributed by atoms with Gasteiger partial charge in [-0.15, -0.1) is 0 Å². The number of nitrogens with one attached hydrogen (secondary N) is 1. The van der Waals surface area contributed by atoms with Gasteiger partial charge in [0, 0.05) is 17.1 Å². The number of nitrogens with two attached hydrogens (primary N) is 1. The van der Waals surface area contributed by atoms with Crippen LogP contribution in [-0.2, 0) is 6.54 Å². The van der Waals surface area contributed by atoms with Crippen LogP contribution in [0.4, 0.5) is 4.39 Å². The Bertz CT molecular complexity index is 271. The third-order valence-corrected chi connectivity index (χ3v) is 2.28. The lowest BCUT2D eigenvalue weighted by molar-refractivity contribution is 0.583. The minimum absolute atomic E-state index is 0.266. The molecule has 0 saturated heterocycles. The fraction of sp³-hybridized carbons (Fsp3) is 0.400. The molecule has 0 aromatic heterocycles. The standard InChI is InChI=1S/C10H14ClFN2/c11-9-3-1-4-10(12)8(9)7-14-6-2-5-13/h1,3-4,14H,2,5-7,13H2. The topological polar surface area (TPSA) is 38.0 Å². The Morgan fingerprint density at radius 1 is 1.43 bits per heavy atom. The number of rotatable bonds is 5. The maximum absolute atomic E-state index is 13.2. The Hall–Kier alpha value is -0.640. The minimum Gasteiger partial charge on any atom is -0.330 e. The van der Waals surface area contributed by atoms with Gasteiger partial charge in [0.2, 0.25) is 0 Å². The Morgan fingerprint density at radius 2 is 2.21 bits per heavy atom. The van der Waals surface area contributed by atoms with E-state index in [4.69, 9.17) is 17.3 Å². The van der Waals surface area contributed by atoms with E-state index in [0.29, 0.717) is 23.7 Å². The molecule has 0 aliphatic carbocycles. The van der Waals surface area contributed by atoms with Crippen LogP contribution in [0.15, 0.2) is 18.2 Å². The molecular formula is C10H14ClFN2. The summed E-state index contributed by atoms with van der Waals surface area (Å²) in [6, 6.07) is 4.69. The molecule has 0 unspecified atom stereocenters. The zero-order valence-electron chi connectivity index (χ0n) is 7.89. The van der Waals surface area contributed by atoms with Gasteiger partial charge in [-0.3, -0.25) is 0 Å². The van der Waals surface area contributed by atoms with Crippen LogP contribution in [0.25, 0.3) is 0 Å². The van der Waals surface area contributed by atoms with Crippen molar-refractivity contribution in [3.8, 4) is 0 Å². The highest BCUT2D eigenvalue weighted by atomic mass is 35.5. The van der Waals surface area contributed by atoms with Crippen LogP contribution < -0.4 is 11.1 Å². The zero-order valence-corrected chi connectivity index (χ0v) is 8.65. The van der Waals surface area contributed by atoms with E-state index in [-0.39, 0.29) is 5.82 Å². The Kier molecular flexibility index (Phi) is 4.87. The van der Waals surface area contributed by atoms with Crippen molar-refractivity contribution in [3.63, 3.8) is 0 Å². The predicted octanol–water partition coefficient (Wildman–Crippen LogP) is 1.92. The Morgan fingerprint density at radius 3 is 2.86 bits per heavy atom. The average Bonchev–Trinajstić information content (AvgIpc) is 2.16. The first kappa shape index (κ1) is 11.4. The second kappa shape index (κ2) is 5.96. The summed E-state index contributed by atoms with van der Waals surface area (Å²) in [6.07, 6.45) is 0.881. The van der Waals surface area contributed by atoms with Crippen molar-refractivity contribution in [2.24, 2.45) is 5.73 Å². The molecule has 14 heavy (non-hydrogen) atoms. The normalized spacial score (nSPS) is 10.5. The molecule has 0 heterocycles. The van der Waals surface area contributed by atoms with Gasteiger partial charge in [-0.25, -0.2) is 4.39 Å². The van der Waals surface area contributed by atoms with E-state index in [0.717, 1.165) is 13.0 Å². The molecule has 0 aliphatic heterocycles. The van der Waals surface area contributed by atoms with E-state index in [1.54, 1.807) is 12.1 Å². The SMILES string of the molecule is NCCCNCc1c(F)cccc1Cl. The minimum atomic E-state index is -0.266. The maximum atomic E-state index is 13.2. The van der Waals surface area contributed by atoms with Crippen molar-refractivity contribution in [3.05, 3.63) is 34.6 Å². The molecule has 0 amide bonds. The van der Waals surface area contributed by atoms with Crippen molar-refractivity contribution in [2.45, 2.75) is 13.0 Å². The summed E-state index contributed by atoms with van der Waals surface area (Å²) in [5.74, 6) is -0.266. The molecule has 2 nitrogen and oxygen atoms in total. The monoisotopic (exact) mass is 216 g/mol. The smallest absolute Gasteiger partial charge is 0.129 e. The van der Waals surface area contributed by atoms with Crippen molar-refractivity contribution < 1.29 is 4.39 Å². The maximum Gasteiger partial charge on any atom is 0.129 e. The summed E-state index contributed by atoms with van der Waals surface area (Å²) < 4.78 is 13.2. The van der Waals surface area contributed by atoms with Gasteiger partial charge < -0.3 is 11.1 Å². The number of hydrogen-bond acceptors (Lipinski definition) is 2. The number of hydrogen-bond donors (Lipinski definition) is 2. The summed E-state index contributed by atoms with van der Waals surface area (Å²) in [6.45, 7) is 1.87. The molecule has 0 spiro atoms. The lowest BCUT2D eigenvalue weighted by Gasteiger charge is -2.06. The molecule has 0 radical (unpaired) electrons. The van der Waals surface area contributed by atoms with Crippen molar-refractivity contribution in [2.75, 3.05) is 13.1 Å². The van der Waals surface area contributed by atoms with Crippen molar-refractivity contribution >= 4 is 11.6 Å². The van der Waals surface area contributed by atoms with Gasteiger partial charge in [-0.05, 0) is 31.6 Å². The largest absolute Gasteiger partial charge is 0.330 e. The van der Waals surface area contributed by atoms with Crippen LogP contribution in [-0.4, -0.2) is 13.1 Å². The summed E-state index contributed by atoms with van der Waals surface area (Å²) in [4.78, 5) is 0. The van der Waals surface area contributed by atoms with E-state index in [1.807, 2.05) is 0 Å². The first-order valence-electron chi connectivity index (χ1n) is 4.59. The molecule has 4 heteroatoms. The van der Waals surface area contributed by atoms with Crippen molar-refractivity contribution in [1.82, 2.24) is 5.32 Å². The molecule has 1 aromatic rings. The van der Waals surface area contributed by atoms with Crippen LogP contribution in [0.1, 0.15) is 12.0 Å². The van der Waals surface area contributed by atoms with E-state index < -0.39 is 0 Å². The van der Waals surface area contributed by atoms with Crippen molar-refractivity contribution in [1.29, 1.82) is 0 Å². The Balaban J connectivity index is 2.49. The summed E-state index contributed by atoms with van der Waals surface area (Å²) in [5, 5.41) is 3.54. The number of halogens is 2. The highest BCUT2D eigenvalue weighted by Crippen LogP contribution is 2.18. The van der Waals surface area contributed by atoms with Crippen LogP contribution in [0.5, 0.6) is 0 Å². The van der Waals surface area contributed by atoms with Gasteiger partial charge in [0.05, 0.1) is 0 Å². The van der Waals surface area contributed by atoms with E-state index in [2.05, 4.69) is 5.32 Å². The van der Waals surface area contributed by atoms with Crippen LogP contribution in [0.3, 0.4) is 0 Å². The van der Waals surface area contributed by atoms with Crippen LogP contribution in [0.2, 0.25) is 5.02 Å². The second-order valence-corrected chi connectivity index (χ2v) is 3.43. The van der Waals surface area contributed by atoms with Gasteiger partial charge >= 0.3 is 0 Å². The molecule has 1 rings (SSSR count). The van der Waals surface area contributed by atoms with E-state index in [9.17, 15) is 4.39 Å². The highest BCUT2D eigenvalue weighted by Gasteiger charge is 2.05. The summed E-state index contributed by atoms with van der Waals surface area (Å²) >= 11 is 5.84. The molecule has 0 bridgehead atoms. The van der Waals surface area contributed by atoms with Gasteiger partial charge in [-0.2, -0.15) is 0 Å². The van der Waals surface area contributed by atoms with E-state index in [1.165, 1.54) is 6.07 Å². The second-order valence-electron chi connectivity index (χ2n) is 3.02. The van der Waals surface area contributed by atoms with Crippen LogP contribution >= 0.6 is 11.6 Å². The lowest BCUT2D eigenvalue weighted by Crippen LogP contribution is -2.18. The average molecular weight is 217 g/mol. The molecule has 0 saturated carbocycles. The molecule has 0 atom stereocenters. The van der Waals surface area contributed by atoms with Crippen LogP contribution in [0, 0.1) is 5.82 Å². The fourth-order valence-corrected chi connectivity index (χ4v) is 1.37. The predicted molar refractivity (Wildman–Crippen MR) is 56.8 cm³/mol. The third-order valence-electron chi connectivity index (χ3n) is 1.92. The van der Waals surface area contributed by atoms with Gasteiger partial charge in [0.1, 0.15) is 5.82 Å². The Labute approximate surface area is 88.2 Å². The third kappa shape index (κ3) is 3.25. The number of benzene rings is 1. The molecule has 3 N–H and O–H groups in total. The fourth-order valence-electron chi connectivity index (χ4n) is 1.14. The lowest BCUT2D eigenvalue weighted by atomic mass is 10.2. The quantitative estimate of drug-likeness (QED) is 0.738.